The fraction of sp³-hybridized carbons (Fsp3) is 0.385. The third-order valence-corrected chi connectivity index (χ3v) is 11.9. The fourth-order valence-electron chi connectivity index (χ4n) is 4.70. The number of oxime groups is 2. The van der Waals surface area contributed by atoms with Gasteiger partial charge in [0.25, 0.3) is 11.8 Å². The highest BCUT2D eigenvalue weighted by molar-refractivity contribution is 8.20. The zero-order valence-electron chi connectivity index (χ0n) is 24.7. The number of likely N-dealkylation sites (tertiary alicyclic amines) is 1. The van der Waals surface area contributed by atoms with Crippen molar-refractivity contribution in [2.24, 2.45) is 10.3 Å². The number of nitrogen functional groups attached to an aromatic ring is 1. The van der Waals surface area contributed by atoms with Gasteiger partial charge in [-0.25, -0.2) is 14.6 Å². The second-order valence-electron chi connectivity index (χ2n) is 11.1. The van der Waals surface area contributed by atoms with Gasteiger partial charge in [-0.05, 0) is 26.0 Å². The third-order valence-electron chi connectivity index (χ3n) is 7.45. The van der Waals surface area contributed by atoms with Gasteiger partial charge in [-0.15, -0.1) is 34.9 Å². The molecule has 3 saturated heterocycles. The van der Waals surface area contributed by atoms with Crippen molar-refractivity contribution in [1.82, 2.24) is 20.1 Å². The van der Waals surface area contributed by atoms with E-state index in [2.05, 4.69) is 20.6 Å². The van der Waals surface area contributed by atoms with Crippen molar-refractivity contribution in [2.75, 3.05) is 25.4 Å². The summed E-state index contributed by atoms with van der Waals surface area (Å²) in [5.74, 6) is -6.10. The van der Waals surface area contributed by atoms with Crippen molar-refractivity contribution in [3.05, 3.63) is 33.8 Å². The monoisotopic (exact) mass is 743 g/mol. The smallest absolute Gasteiger partial charge is 0.350 e. The second-order valence-corrected chi connectivity index (χ2v) is 15.6. The van der Waals surface area contributed by atoms with Crippen molar-refractivity contribution >= 4 is 92.7 Å². The number of fused-ring (bicyclic) bond motifs is 1. The van der Waals surface area contributed by atoms with Crippen LogP contribution in [0.1, 0.15) is 25.1 Å². The highest BCUT2D eigenvalue weighted by atomic mass is 35.5. The van der Waals surface area contributed by atoms with Crippen LogP contribution in [0.4, 0.5) is 5.13 Å². The Balaban J connectivity index is 1.25. The molecule has 256 valence electrons. The molecule has 48 heavy (non-hydrogen) atoms. The summed E-state index contributed by atoms with van der Waals surface area (Å²) in [6.45, 7) is 2.30. The molecule has 5 rings (SSSR count). The van der Waals surface area contributed by atoms with Crippen LogP contribution < -0.4 is 11.1 Å². The zero-order chi connectivity index (χ0) is 35.3. The summed E-state index contributed by atoms with van der Waals surface area (Å²) in [6, 6.07) is 1.09. The summed E-state index contributed by atoms with van der Waals surface area (Å²) < 4.78 is -1.56. The number of carboxylic acid groups (broad SMARTS) is 2. The van der Waals surface area contributed by atoms with Crippen LogP contribution in [0.2, 0.25) is 5.02 Å². The number of aromatic hydroxyl groups is 2. The molecule has 4 heterocycles. The predicted molar refractivity (Wildman–Crippen MR) is 172 cm³/mol. The lowest BCUT2D eigenvalue weighted by molar-refractivity contribution is -0.161. The third kappa shape index (κ3) is 6.24. The average molecular weight is 744 g/mol. The Morgan fingerprint density at radius 2 is 1.90 bits per heavy atom. The number of phenolic OH excluding ortho intramolecular Hbond substituents is 2. The van der Waals surface area contributed by atoms with Crippen LogP contribution in [0, 0.1) is 0 Å². The maximum atomic E-state index is 13.3. The van der Waals surface area contributed by atoms with E-state index in [4.69, 9.17) is 22.2 Å². The number of aromatic nitrogens is 1. The first kappa shape index (κ1) is 34.9. The summed E-state index contributed by atoms with van der Waals surface area (Å²) >= 11 is 8.96. The van der Waals surface area contributed by atoms with E-state index in [0.717, 1.165) is 40.9 Å². The number of β-lactam (4-membered cyclic amide) rings is 1. The molecule has 1 aromatic carbocycles. The van der Waals surface area contributed by atoms with Crippen LogP contribution in [0.25, 0.3) is 0 Å². The number of thiazole rings is 1. The summed E-state index contributed by atoms with van der Waals surface area (Å²) in [5, 5.41) is 57.7. The molecule has 3 amide bonds. The molecule has 22 heteroatoms. The van der Waals surface area contributed by atoms with Crippen LogP contribution in [-0.2, 0) is 28.8 Å². The highest BCUT2D eigenvalue weighted by Crippen LogP contribution is 2.54. The van der Waals surface area contributed by atoms with E-state index < -0.39 is 84.0 Å². The molecule has 0 aliphatic carbocycles. The minimum absolute atomic E-state index is 0.0303. The fourth-order valence-corrected chi connectivity index (χ4v) is 9.12. The van der Waals surface area contributed by atoms with Crippen molar-refractivity contribution in [1.29, 1.82) is 0 Å². The number of halogens is 1. The lowest BCUT2D eigenvalue weighted by Gasteiger charge is -2.41. The van der Waals surface area contributed by atoms with Crippen molar-refractivity contribution in [3.8, 4) is 11.5 Å². The molecule has 3 aliphatic heterocycles. The van der Waals surface area contributed by atoms with Crippen molar-refractivity contribution in [2.45, 2.75) is 40.2 Å². The van der Waals surface area contributed by atoms with E-state index in [-0.39, 0.29) is 36.0 Å². The number of carbonyl (C=O) groups excluding carboxylic acids is 3. The molecule has 18 nitrogen and oxygen atoms in total. The number of nitrogens with one attached hydrogen (secondary N) is 1. The largest absolute Gasteiger partial charge is 0.504 e. The van der Waals surface area contributed by atoms with E-state index in [9.17, 15) is 49.6 Å². The number of rotatable bonds is 11. The van der Waals surface area contributed by atoms with E-state index in [1.807, 2.05) is 0 Å². The van der Waals surface area contributed by atoms with Crippen LogP contribution in [0.5, 0.6) is 11.5 Å². The lowest BCUT2D eigenvalue weighted by atomic mass is 10.1. The normalized spacial score (nSPS) is 22.9. The molecule has 8 N–H and O–H groups in total. The molecular weight excluding hydrogens is 718 g/mol. The first-order valence-electron chi connectivity index (χ1n) is 13.6. The van der Waals surface area contributed by atoms with Gasteiger partial charge in [0.2, 0.25) is 11.5 Å². The Kier molecular flexibility index (Phi) is 9.34. The van der Waals surface area contributed by atoms with Crippen LogP contribution in [0.3, 0.4) is 0 Å². The maximum Gasteiger partial charge on any atom is 0.350 e. The van der Waals surface area contributed by atoms with E-state index in [1.54, 1.807) is 0 Å². The number of hydrogen-bond acceptors (Lipinski definition) is 16. The first-order chi connectivity index (χ1) is 22.5. The number of amides is 3. The number of nitrogens with two attached hydrogens (primary N) is 1. The van der Waals surface area contributed by atoms with Crippen molar-refractivity contribution in [3.63, 3.8) is 0 Å². The molecule has 0 bridgehead atoms. The minimum atomic E-state index is -1.81. The van der Waals surface area contributed by atoms with Gasteiger partial charge in [0.05, 0.1) is 11.6 Å². The molecule has 1 aromatic heterocycles. The van der Waals surface area contributed by atoms with Gasteiger partial charge >= 0.3 is 11.9 Å². The number of hydrogen-bond donors (Lipinski definition) is 7. The van der Waals surface area contributed by atoms with Gasteiger partial charge in [-0.2, -0.15) is 0 Å². The Labute approximate surface area is 287 Å². The number of thioether (sulfide) groups is 2. The zero-order valence-corrected chi connectivity index (χ0v) is 27.9. The van der Waals surface area contributed by atoms with Gasteiger partial charge in [0.15, 0.2) is 32.1 Å². The van der Waals surface area contributed by atoms with Crippen LogP contribution in [0.15, 0.2) is 27.8 Å². The number of nitrogens with zero attached hydrogens (tertiary/aromatic N) is 5. The molecule has 3 fully saturated rings. The predicted octanol–water partition coefficient (Wildman–Crippen LogP) is 0.377. The first-order valence-corrected chi connectivity index (χ1v) is 16.6. The summed E-state index contributed by atoms with van der Waals surface area (Å²) in [6.07, 6.45) is 0. The number of aliphatic carboxylic acids is 2. The second kappa shape index (κ2) is 12.9. The molecule has 0 unspecified atom stereocenters. The minimum Gasteiger partial charge on any atom is -0.504 e. The molecule has 2 aromatic rings. The van der Waals surface area contributed by atoms with Crippen LogP contribution >= 0.6 is 46.5 Å². The van der Waals surface area contributed by atoms with Gasteiger partial charge in [-0.1, -0.05) is 21.9 Å². The Bertz CT molecular complexity index is 1780. The topological polar surface area (TPSA) is 278 Å². The van der Waals surface area contributed by atoms with Gasteiger partial charge < -0.3 is 51.3 Å². The summed E-state index contributed by atoms with van der Waals surface area (Å²) in [7, 11) is 0. The number of benzene rings is 1. The van der Waals surface area contributed by atoms with E-state index >= 15 is 0 Å². The lowest BCUT2D eigenvalue weighted by Crippen LogP contribution is -2.68. The number of phenols is 2. The van der Waals surface area contributed by atoms with Gasteiger partial charge in [0, 0.05) is 29.3 Å². The quantitative estimate of drug-likeness (QED) is 0.0539. The average Bonchev–Trinajstić information content (AvgIpc) is 3.60. The molecule has 0 radical (unpaired) electrons. The van der Waals surface area contributed by atoms with Crippen LogP contribution in [-0.4, -0.2) is 127 Å². The summed E-state index contributed by atoms with van der Waals surface area (Å²) in [5.41, 5.74) is 2.75. The standard InChI is InChI=1S/C26H26ClN7O11S3/c1-25(2,22(40)41)45-32-15(11-7-46-24(28)29-11)18(37)30-16-20(39)34-8-26(23(42)43,48-21(16)34)47-9-5-33(6-9)19(38)14(31-44)10-3-4-12(35)17(36)13(10)27/h3-4,7,9,16,21,35-36,44H,5-6,8H2,1-2H3,(H2,28,29)(H,30,37)(H,40,41)(H,42,43)/b31-14-,32-15-/t16-,21-,26-/m1/s1. The van der Waals surface area contributed by atoms with Gasteiger partial charge in [0.1, 0.15) is 17.1 Å². The molecule has 3 aliphatic rings. The van der Waals surface area contributed by atoms with E-state index in [0.29, 0.717) is 0 Å². The Morgan fingerprint density at radius 1 is 1.21 bits per heavy atom. The molecule has 0 spiro atoms. The number of anilines is 1. The molecular formula is C26H26ClN7O11S3. The Hall–Kier alpha value is -4.47. The SMILES string of the molecule is CC(C)(O/N=C(\C(=O)N[C@@H]1C(=O)N2C[C@](SC3CN(C(=O)/C(=N\O)c4ccc(O)c(O)c4Cl)C3)(C(=O)O)S[C@H]12)c1csc(N)n1)C(=O)O. The number of carbonyl (C=O) groups is 5. The Morgan fingerprint density at radius 3 is 2.48 bits per heavy atom. The highest BCUT2D eigenvalue weighted by Gasteiger charge is 2.64. The molecule has 3 atom stereocenters. The van der Waals surface area contributed by atoms with Crippen molar-refractivity contribution < 1.29 is 54.4 Å². The number of carboxylic acids is 2. The van der Waals surface area contributed by atoms with Gasteiger partial charge in [-0.3, -0.25) is 14.4 Å². The van der Waals surface area contributed by atoms with E-state index in [1.165, 1.54) is 35.1 Å². The summed E-state index contributed by atoms with van der Waals surface area (Å²) in [4.78, 5) is 75.1. The molecule has 0 saturated carbocycles. The maximum absolute atomic E-state index is 13.3.